The molecule has 90 valence electrons. The minimum Gasteiger partial charge on any atom is -0.0881 e. The van der Waals surface area contributed by atoms with Crippen LogP contribution in [0.25, 0.3) is 0 Å². The molecule has 0 N–H and O–H groups in total. The number of benzene rings is 1. The second-order valence-electron chi connectivity index (χ2n) is 3.85. The van der Waals surface area contributed by atoms with E-state index < -0.39 is 0 Å². The van der Waals surface area contributed by atoms with Gasteiger partial charge in [0.15, 0.2) is 0 Å². The molecule has 0 fully saturated rings. The number of allylic oxidation sites excluding steroid dienone is 2. The number of rotatable bonds is 3. The molecule has 0 heterocycles. The first-order valence-electron chi connectivity index (χ1n) is 6.39. The van der Waals surface area contributed by atoms with Gasteiger partial charge in [0.05, 0.1) is 0 Å². The summed E-state index contributed by atoms with van der Waals surface area (Å²) < 4.78 is 0. The van der Waals surface area contributed by atoms with Gasteiger partial charge in [-0.2, -0.15) is 0 Å². The molecular formula is C16H26. The lowest BCUT2D eigenvalue weighted by atomic mass is 9.87. The van der Waals surface area contributed by atoms with Gasteiger partial charge in [-0.3, -0.25) is 0 Å². The minimum atomic E-state index is 0.598. The molecule has 1 aromatic rings. The molecule has 0 saturated carbocycles. The molecule has 0 aromatic heterocycles. The summed E-state index contributed by atoms with van der Waals surface area (Å²) in [6.45, 7) is 12.8. The second kappa shape index (κ2) is 8.15. The lowest BCUT2D eigenvalue weighted by Crippen LogP contribution is -2.01. The van der Waals surface area contributed by atoms with E-state index in [2.05, 4.69) is 58.0 Å². The molecule has 0 nitrogen and oxygen atoms in total. The van der Waals surface area contributed by atoms with E-state index in [9.17, 15) is 0 Å². The molecule has 0 aliphatic carbocycles. The summed E-state index contributed by atoms with van der Waals surface area (Å²) in [4.78, 5) is 0. The Labute approximate surface area is 101 Å². The van der Waals surface area contributed by atoms with Crippen LogP contribution < -0.4 is 0 Å². The highest BCUT2D eigenvalue weighted by Gasteiger charge is 2.11. The van der Waals surface area contributed by atoms with Crippen molar-refractivity contribution in [2.45, 2.75) is 53.9 Å². The van der Waals surface area contributed by atoms with Crippen molar-refractivity contribution in [3.8, 4) is 0 Å². The van der Waals surface area contributed by atoms with E-state index in [1.54, 1.807) is 0 Å². The first kappa shape index (κ1) is 15.0. The van der Waals surface area contributed by atoms with Crippen LogP contribution in [0.15, 0.2) is 35.9 Å². The highest BCUT2D eigenvalue weighted by atomic mass is 14.2. The third kappa shape index (κ3) is 3.84. The molecule has 1 rings (SSSR count). The van der Waals surface area contributed by atoms with Crippen LogP contribution in [0.1, 0.15) is 58.1 Å². The highest BCUT2D eigenvalue weighted by molar-refractivity contribution is 5.34. The zero-order chi connectivity index (χ0) is 12.6. The molecule has 0 aliphatic heterocycles. The van der Waals surface area contributed by atoms with E-state index in [0.717, 1.165) is 0 Å². The maximum absolute atomic E-state index is 2.25. The van der Waals surface area contributed by atoms with Gasteiger partial charge >= 0.3 is 0 Å². The number of hydrogen-bond donors (Lipinski definition) is 0. The predicted octanol–water partition coefficient (Wildman–Crippen LogP) is 5.48. The zero-order valence-corrected chi connectivity index (χ0v) is 11.7. The average molecular weight is 218 g/mol. The summed E-state index contributed by atoms with van der Waals surface area (Å²) >= 11 is 0. The fraction of sp³-hybridized carbons (Fsp3) is 0.500. The van der Waals surface area contributed by atoms with E-state index in [4.69, 9.17) is 0 Å². The van der Waals surface area contributed by atoms with Crippen LogP contribution in [0.2, 0.25) is 0 Å². The fourth-order valence-corrected chi connectivity index (χ4v) is 1.97. The lowest BCUT2D eigenvalue weighted by molar-refractivity contribution is 0.752. The van der Waals surface area contributed by atoms with Gasteiger partial charge in [-0.25, -0.2) is 0 Å². The topological polar surface area (TPSA) is 0 Å². The van der Waals surface area contributed by atoms with Crippen molar-refractivity contribution in [2.24, 2.45) is 0 Å². The van der Waals surface area contributed by atoms with Crippen LogP contribution >= 0.6 is 0 Å². The van der Waals surface area contributed by atoms with Crippen molar-refractivity contribution in [3.63, 3.8) is 0 Å². The number of aryl methyl sites for hydroxylation is 1. The number of hydrogen-bond acceptors (Lipinski definition) is 0. The lowest BCUT2D eigenvalue weighted by Gasteiger charge is -2.18. The maximum Gasteiger partial charge on any atom is 0.00452 e. The molecule has 1 atom stereocenters. The molecule has 1 unspecified atom stereocenters. The minimum absolute atomic E-state index is 0.598. The highest BCUT2D eigenvalue weighted by Crippen LogP contribution is 2.29. The zero-order valence-electron chi connectivity index (χ0n) is 11.7. The van der Waals surface area contributed by atoms with Gasteiger partial charge < -0.3 is 0 Å². The average Bonchev–Trinajstić information content (AvgIpc) is 2.34. The summed E-state index contributed by atoms with van der Waals surface area (Å²) in [5, 5.41) is 0. The summed E-state index contributed by atoms with van der Waals surface area (Å²) in [5.41, 5.74) is 4.35. The Balaban J connectivity index is 0.00000106. The van der Waals surface area contributed by atoms with Crippen molar-refractivity contribution in [1.82, 2.24) is 0 Å². The molecule has 0 bridgehead atoms. The van der Waals surface area contributed by atoms with E-state index in [1.165, 1.54) is 23.1 Å². The first-order valence-corrected chi connectivity index (χ1v) is 6.39. The van der Waals surface area contributed by atoms with Gasteiger partial charge in [0, 0.05) is 5.92 Å². The normalized spacial score (nSPS) is 12.8. The maximum atomic E-state index is 2.25. The molecule has 1 aromatic carbocycles. The molecule has 16 heavy (non-hydrogen) atoms. The fourth-order valence-electron chi connectivity index (χ4n) is 1.97. The van der Waals surface area contributed by atoms with Crippen LogP contribution in [-0.4, -0.2) is 0 Å². The van der Waals surface area contributed by atoms with Crippen molar-refractivity contribution < 1.29 is 0 Å². The van der Waals surface area contributed by atoms with Gasteiger partial charge in [-0.15, -0.1) is 0 Å². The van der Waals surface area contributed by atoms with Crippen LogP contribution in [0, 0.1) is 6.92 Å². The third-order valence-electron chi connectivity index (χ3n) is 2.98. The predicted molar refractivity (Wildman–Crippen MR) is 75.0 cm³/mol. The summed E-state index contributed by atoms with van der Waals surface area (Å²) in [6, 6.07) is 8.68. The van der Waals surface area contributed by atoms with Gasteiger partial charge in [0.1, 0.15) is 0 Å². The Kier molecular flexibility index (Phi) is 7.62. The van der Waals surface area contributed by atoms with Gasteiger partial charge in [-0.05, 0) is 38.3 Å². The van der Waals surface area contributed by atoms with Crippen molar-refractivity contribution in [2.75, 3.05) is 0 Å². The van der Waals surface area contributed by atoms with E-state index in [-0.39, 0.29) is 0 Å². The standard InChI is InChI=1S/C14H20.C2H6/c1-5-11(3)13(6-2)14-10-8-7-9-12(14)4;1-2/h5,7-10,13H,6H2,1-4H3;1-2H3/b11-5-;. The molecule has 0 aliphatic rings. The smallest absolute Gasteiger partial charge is 0.00452 e. The Bertz CT molecular complexity index is 321. The molecule has 0 amide bonds. The Morgan fingerprint density at radius 2 is 1.81 bits per heavy atom. The monoisotopic (exact) mass is 218 g/mol. The van der Waals surface area contributed by atoms with Gasteiger partial charge in [0.25, 0.3) is 0 Å². The van der Waals surface area contributed by atoms with E-state index in [1.807, 2.05) is 13.8 Å². The molecule has 0 radical (unpaired) electrons. The quantitative estimate of drug-likeness (QED) is 0.589. The van der Waals surface area contributed by atoms with Crippen molar-refractivity contribution in [1.29, 1.82) is 0 Å². The van der Waals surface area contributed by atoms with Crippen LogP contribution in [0.5, 0.6) is 0 Å². The van der Waals surface area contributed by atoms with E-state index >= 15 is 0 Å². The molecule has 0 spiro atoms. The Morgan fingerprint density at radius 3 is 2.25 bits per heavy atom. The Hall–Kier alpha value is -1.04. The van der Waals surface area contributed by atoms with Crippen molar-refractivity contribution >= 4 is 0 Å². The summed E-state index contributed by atoms with van der Waals surface area (Å²) in [5.74, 6) is 0.598. The van der Waals surface area contributed by atoms with Crippen molar-refractivity contribution in [3.05, 3.63) is 47.0 Å². The van der Waals surface area contributed by atoms with Crippen LogP contribution in [0.4, 0.5) is 0 Å². The van der Waals surface area contributed by atoms with Gasteiger partial charge in [-0.1, -0.05) is 56.7 Å². The summed E-state index contributed by atoms with van der Waals surface area (Å²) in [7, 11) is 0. The van der Waals surface area contributed by atoms with E-state index in [0.29, 0.717) is 5.92 Å². The molecule has 0 saturated heterocycles. The SMILES string of the molecule is C/C=C(/C)C(CC)c1ccccc1C.CC. The largest absolute Gasteiger partial charge is 0.0881 e. The van der Waals surface area contributed by atoms with Crippen LogP contribution in [-0.2, 0) is 0 Å². The second-order valence-corrected chi connectivity index (χ2v) is 3.85. The third-order valence-corrected chi connectivity index (χ3v) is 2.98. The van der Waals surface area contributed by atoms with Crippen LogP contribution in [0.3, 0.4) is 0 Å². The summed E-state index contributed by atoms with van der Waals surface area (Å²) in [6.07, 6.45) is 3.40. The molecular weight excluding hydrogens is 192 g/mol. The first-order chi connectivity index (χ1) is 7.70. The molecule has 0 heteroatoms. The Morgan fingerprint density at radius 1 is 1.25 bits per heavy atom. The van der Waals surface area contributed by atoms with Gasteiger partial charge in [0.2, 0.25) is 0 Å².